The molecule has 146 valence electrons. The number of hydrogen-bond acceptors (Lipinski definition) is 4. The molecule has 1 amide bonds. The Kier molecular flexibility index (Phi) is 6.08. The molecule has 0 unspecified atom stereocenters. The standard InChI is InChI=1S/C20H29N5O2/c1-4-5-9-23-11-8-21-19(23)17-7-6-10-24(13-17)18(26)14-25-16(3)12-15(2)22-20(25)27/h8,11-12,17H,4-7,9-10,13-14H2,1-3H3/t17-/m1/s1. The fourth-order valence-corrected chi connectivity index (χ4v) is 3.81. The smallest absolute Gasteiger partial charge is 0.340 e. The Morgan fingerprint density at radius 1 is 1.33 bits per heavy atom. The minimum absolute atomic E-state index is 0.0257. The van der Waals surface area contributed by atoms with Gasteiger partial charge in [-0.1, -0.05) is 13.3 Å². The van der Waals surface area contributed by atoms with Crippen LogP contribution >= 0.6 is 0 Å². The normalized spacial score (nSPS) is 17.3. The Hall–Kier alpha value is -2.44. The summed E-state index contributed by atoms with van der Waals surface area (Å²) in [5, 5.41) is 0. The van der Waals surface area contributed by atoms with Crippen LogP contribution in [0.15, 0.2) is 23.3 Å². The van der Waals surface area contributed by atoms with Crippen LogP contribution < -0.4 is 5.69 Å². The van der Waals surface area contributed by atoms with Crippen LogP contribution in [0.25, 0.3) is 0 Å². The highest BCUT2D eigenvalue weighted by molar-refractivity contribution is 5.76. The number of carbonyl (C=O) groups is 1. The van der Waals surface area contributed by atoms with Gasteiger partial charge in [0.05, 0.1) is 0 Å². The predicted octanol–water partition coefficient (Wildman–Crippen LogP) is 2.26. The topological polar surface area (TPSA) is 73.0 Å². The molecule has 3 heterocycles. The van der Waals surface area contributed by atoms with Crippen LogP contribution in [0.2, 0.25) is 0 Å². The summed E-state index contributed by atoms with van der Waals surface area (Å²) in [5.41, 5.74) is 1.09. The van der Waals surface area contributed by atoms with Crippen molar-refractivity contribution in [1.82, 2.24) is 24.0 Å². The van der Waals surface area contributed by atoms with Crippen molar-refractivity contribution in [2.75, 3.05) is 13.1 Å². The molecule has 0 saturated carbocycles. The first kappa shape index (κ1) is 19.3. The molecule has 7 nitrogen and oxygen atoms in total. The van der Waals surface area contributed by atoms with Gasteiger partial charge in [0, 0.05) is 49.3 Å². The minimum atomic E-state index is -0.357. The number of piperidine rings is 1. The Morgan fingerprint density at radius 3 is 2.89 bits per heavy atom. The first-order chi connectivity index (χ1) is 13.0. The Balaban J connectivity index is 1.70. The molecule has 1 saturated heterocycles. The highest BCUT2D eigenvalue weighted by atomic mass is 16.2. The lowest BCUT2D eigenvalue weighted by molar-refractivity contribution is -0.133. The fraction of sp³-hybridized carbons (Fsp3) is 0.600. The van der Waals surface area contributed by atoms with E-state index in [1.807, 2.05) is 30.3 Å². The molecule has 1 aliphatic rings. The van der Waals surface area contributed by atoms with E-state index < -0.39 is 0 Å². The third-order valence-electron chi connectivity index (χ3n) is 5.28. The summed E-state index contributed by atoms with van der Waals surface area (Å²) in [6.07, 6.45) is 8.15. The van der Waals surface area contributed by atoms with Gasteiger partial charge in [-0.05, 0) is 39.2 Å². The second kappa shape index (κ2) is 8.50. The molecule has 1 fully saturated rings. The maximum Gasteiger partial charge on any atom is 0.348 e. The van der Waals surface area contributed by atoms with Gasteiger partial charge in [0.25, 0.3) is 0 Å². The van der Waals surface area contributed by atoms with E-state index in [1.54, 1.807) is 6.92 Å². The lowest BCUT2D eigenvalue weighted by atomic mass is 9.97. The number of likely N-dealkylation sites (tertiary alicyclic amines) is 1. The van der Waals surface area contributed by atoms with E-state index in [0.29, 0.717) is 12.2 Å². The van der Waals surface area contributed by atoms with Crippen LogP contribution in [0.1, 0.15) is 55.7 Å². The molecule has 1 aliphatic heterocycles. The zero-order chi connectivity index (χ0) is 19.4. The third-order valence-corrected chi connectivity index (χ3v) is 5.28. The SMILES string of the molecule is CCCCn1ccnc1[C@@H]1CCCN(C(=O)Cn2c(C)cc(C)nc2=O)C1. The molecule has 0 radical (unpaired) electrons. The summed E-state index contributed by atoms with van der Waals surface area (Å²) in [6.45, 7) is 8.23. The van der Waals surface area contributed by atoms with Gasteiger partial charge < -0.3 is 9.47 Å². The minimum Gasteiger partial charge on any atom is -0.340 e. The monoisotopic (exact) mass is 371 g/mol. The van der Waals surface area contributed by atoms with Crippen LogP contribution in [-0.2, 0) is 17.9 Å². The van der Waals surface area contributed by atoms with Crippen molar-refractivity contribution in [3.05, 3.63) is 46.2 Å². The van der Waals surface area contributed by atoms with Crippen LogP contribution in [0.5, 0.6) is 0 Å². The number of carbonyl (C=O) groups excluding carboxylic acids is 1. The molecule has 0 aromatic carbocycles. The summed E-state index contributed by atoms with van der Waals surface area (Å²) in [6, 6.07) is 1.83. The molecular weight excluding hydrogens is 342 g/mol. The summed E-state index contributed by atoms with van der Waals surface area (Å²) in [7, 11) is 0. The largest absolute Gasteiger partial charge is 0.348 e. The van der Waals surface area contributed by atoms with Gasteiger partial charge in [0.15, 0.2) is 0 Å². The fourth-order valence-electron chi connectivity index (χ4n) is 3.81. The number of aromatic nitrogens is 4. The van der Waals surface area contributed by atoms with E-state index in [-0.39, 0.29) is 24.1 Å². The summed E-state index contributed by atoms with van der Waals surface area (Å²) in [4.78, 5) is 35.4. The molecule has 2 aromatic rings. The molecule has 0 bridgehead atoms. The molecule has 27 heavy (non-hydrogen) atoms. The first-order valence-corrected chi connectivity index (χ1v) is 9.83. The van der Waals surface area contributed by atoms with Crippen LogP contribution in [0.3, 0.4) is 0 Å². The van der Waals surface area contributed by atoms with Crippen LogP contribution in [0.4, 0.5) is 0 Å². The van der Waals surface area contributed by atoms with Gasteiger partial charge >= 0.3 is 5.69 Å². The molecule has 2 aromatic heterocycles. The average Bonchev–Trinajstić information content (AvgIpc) is 3.11. The molecule has 7 heteroatoms. The summed E-state index contributed by atoms with van der Waals surface area (Å²) < 4.78 is 3.68. The molecule has 0 aliphatic carbocycles. The summed E-state index contributed by atoms with van der Waals surface area (Å²) in [5.74, 6) is 1.30. The lowest BCUT2D eigenvalue weighted by Gasteiger charge is -2.33. The van der Waals surface area contributed by atoms with Crippen molar-refractivity contribution in [1.29, 1.82) is 0 Å². The molecule has 1 atom stereocenters. The zero-order valence-corrected chi connectivity index (χ0v) is 16.5. The van der Waals surface area contributed by atoms with Crippen molar-refractivity contribution < 1.29 is 4.79 Å². The number of unbranched alkanes of at least 4 members (excludes halogenated alkanes) is 1. The number of rotatable bonds is 6. The van der Waals surface area contributed by atoms with Gasteiger partial charge in [0.1, 0.15) is 12.4 Å². The van der Waals surface area contributed by atoms with Gasteiger partial charge in [-0.25, -0.2) is 9.78 Å². The third kappa shape index (κ3) is 4.46. The van der Waals surface area contributed by atoms with Crippen LogP contribution in [0, 0.1) is 13.8 Å². The van der Waals surface area contributed by atoms with Gasteiger partial charge in [-0.15, -0.1) is 0 Å². The van der Waals surface area contributed by atoms with E-state index in [1.165, 1.54) is 4.57 Å². The second-order valence-electron chi connectivity index (χ2n) is 7.42. The van der Waals surface area contributed by atoms with E-state index in [2.05, 4.69) is 21.5 Å². The van der Waals surface area contributed by atoms with Gasteiger partial charge in [0.2, 0.25) is 5.91 Å². The second-order valence-corrected chi connectivity index (χ2v) is 7.42. The Morgan fingerprint density at radius 2 is 2.15 bits per heavy atom. The summed E-state index contributed by atoms with van der Waals surface area (Å²) >= 11 is 0. The van der Waals surface area contributed by atoms with Gasteiger partial charge in [-0.2, -0.15) is 4.98 Å². The molecule has 0 N–H and O–H groups in total. The maximum absolute atomic E-state index is 12.8. The zero-order valence-electron chi connectivity index (χ0n) is 16.5. The van der Waals surface area contributed by atoms with E-state index in [0.717, 1.165) is 50.3 Å². The van der Waals surface area contributed by atoms with E-state index in [4.69, 9.17) is 0 Å². The predicted molar refractivity (Wildman–Crippen MR) is 104 cm³/mol. The van der Waals surface area contributed by atoms with Crippen molar-refractivity contribution in [2.45, 2.75) is 65.5 Å². The van der Waals surface area contributed by atoms with Crippen molar-refractivity contribution in [3.63, 3.8) is 0 Å². The maximum atomic E-state index is 12.8. The highest BCUT2D eigenvalue weighted by Gasteiger charge is 2.27. The average molecular weight is 371 g/mol. The number of nitrogens with zero attached hydrogens (tertiary/aromatic N) is 5. The quantitative estimate of drug-likeness (QED) is 0.781. The molecular formula is C20H29N5O2. The molecule has 0 spiro atoms. The van der Waals surface area contributed by atoms with E-state index >= 15 is 0 Å². The lowest BCUT2D eigenvalue weighted by Crippen LogP contribution is -2.43. The Bertz CT molecular complexity index is 854. The van der Waals surface area contributed by atoms with Crippen molar-refractivity contribution >= 4 is 5.91 Å². The highest BCUT2D eigenvalue weighted by Crippen LogP contribution is 2.26. The number of hydrogen-bond donors (Lipinski definition) is 0. The van der Waals surface area contributed by atoms with Crippen molar-refractivity contribution in [3.8, 4) is 0 Å². The number of amides is 1. The van der Waals surface area contributed by atoms with Crippen molar-refractivity contribution in [2.24, 2.45) is 0 Å². The van der Waals surface area contributed by atoms with Gasteiger partial charge in [-0.3, -0.25) is 9.36 Å². The first-order valence-electron chi connectivity index (χ1n) is 9.83. The van der Waals surface area contributed by atoms with E-state index in [9.17, 15) is 9.59 Å². The molecule has 3 rings (SSSR count). The Labute approximate surface area is 160 Å². The number of imidazole rings is 1. The van der Waals surface area contributed by atoms with Crippen LogP contribution in [-0.4, -0.2) is 43.0 Å². The number of aryl methyl sites for hydroxylation is 3.